The van der Waals surface area contributed by atoms with E-state index in [2.05, 4.69) is 10.6 Å². The summed E-state index contributed by atoms with van der Waals surface area (Å²) in [7, 11) is 0. The highest BCUT2D eigenvalue weighted by molar-refractivity contribution is 6.31. The highest BCUT2D eigenvalue weighted by atomic mass is 35.5. The first-order chi connectivity index (χ1) is 8.58. The summed E-state index contributed by atoms with van der Waals surface area (Å²) in [5.41, 5.74) is 0.222. The number of hydrogen-bond donors (Lipinski definition) is 3. The van der Waals surface area contributed by atoms with E-state index in [4.69, 9.17) is 11.6 Å². The van der Waals surface area contributed by atoms with Crippen molar-refractivity contribution < 1.29 is 9.90 Å². The van der Waals surface area contributed by atoms with Gasteiger partial charge in [0.25, 0.3) is 5.91 Å². The molecule has 0 spiro atoms. The van der Waals surface area contributed by atoms with E-state index < -0.39 is 0 Å². The molecule has 1 aliphatic heterocycles. The van der Waals surface area contributed by atoms with E-state index >= 15 is 0 Å². The van der Waals surface area contributed by atoms with Crippen molar-refractivity contribution in [2.45, 2.75) is 31.8 Å². The molecular formula is C13H17ClN2O2. The molecule has 18 heavy (non-hydrogen) atoms. The molecule has 3 N–H and O–H groups in total. The quantitative estimate of drug-likeness (QED) is 0.768. The van der Waals surface area contributed by atoms with Crippen LogP contribution in [0, 0.1) is 0 Å². The average molecular weight is 269 g/mol. The van der Waals surface area contributed by atoms with Gasteiger partial charge in [-0.15, -0.1) is 0 Å². The van der Waals surface area contributed by atoms with Gasteiger partial charge in [0.05, 0.1) is 5.56 Å². The third kappa shape index (κ3) is 2.94. The van der Waals surface area contributed by atoms with Gasteiger partial charge in [-0.1, -0.05) is 11.6 Å². The Labute approximate surface area is 111 Å². The van der Waals surface area contributed by atoms with E-state index in [1.807, 2.05) is 6.92 Å². The van der Waals surface area contributed by atoms with E-state index in [1.165, 1.54) is 12.1 Å². The summed E-state index contributed by atoms with van der Waals surface area (Å²) in [5, 5.41) is 16.3. The number of phenolic OH excluding ortho intramolecular Hbond substituents is 1. The number of halogens is 1. The van der Waals surface area contributed by atoms with Crippen molar-refractivity contribution in [1.29, 1.82) is 0 Å². The number of carbonyl (C=O) groups excluding carboxylic acids is 1. The predicted molar refractivity (Wildman–Crippen MR) is 71.1 cm³/mol. The van der Waals surface area contributed by atoms with Crippen molar-refractivity contribution in [2.75, 3.05) is 6.54 Å². The van der Waals surface area contributed by atoms with Crippen LogP contribution in [0.2, 0.25) is 5.02 Å². The Bertz CT molecular complexity index is 451. The third-order valence-corrected chi connectivity index (χ3v) is 3.52. The fourth-order valence-electron chi connectivity index (χ4n) is 2.18. The zero-order chi connectivity index (χ0) is 13.1. The van der Waals surface area contributed by atoms with Crippen LogP contribution in [-0.4, -0.2) is 29.6 Å². The van der Waals surface area contributed by atoms with Gasteiger partial charge in [0.15, 0.2) is 0 Å². The number of benzene rings is 1. The molecule has 0 saturated carbocycles. The van der Waals surface area contributed by atoms with Crippen molar-refractivity contribution in [1.82, 2.24) is 10.6 Å². The molecule has 4 nitrogen and oxygen atoms in total. The second-order valence-corrected chi connectivity index (χ2v) is 5.06. The number of piperidine rings is 1. The van der Waals surface area contributed by atoms with Crippen LogP contribution in [0.3, 0.4) is 0 Å². The molecule has 2 rings (SSSR count). The summed E-state index contributed by atoms with van der Waals surface area (Å²) in [4.78, 5) is 12.1. The first-order valence-corrected chi connectivity index (χ1v) is 6.48. The van der Waals surface area contributed by atoms with Crippen molar-refractivity contribution in [3.05, 3.63) is 28.8 Å². The van der Waals surface area contributed by atoms with Crippen LogP contribution in [0.5, 0.6) is 5.75 Å². The van der Waals surface area contributed by atoms with Crippen LogP contribution in [0.15, 0.2) is 18.2 Å². The second kappa shape index (κ2) is 5.59. The molecule has 0 bridgehead atoms. The smallest absolute Gasteiger partial charge is 0.255 e. The van der Waals surface area contributed by atoms with E-state index in [9.17, 15) is 9.90 Å². The average Bonchev–Trinajstić information content (AvgIpc) is 2.35. The normalized spacial score (nSPS) is 23.7. The number of aromatic hydroxyl groups is 1. The Kier molecular flexibility index (Phi) is 4.09. The van der Waals surface area contributed by atoms with Crippen molar-refractivity contribution in [3.63, 3.8) is 0 Å². The van der Waals surface area contributed by atoms with Gasteiger partial charge in [-0.2, -0.15) is 0 Å². The number of phenols is 1. The number of nitrogens with one attached hydrogen (secondary N) is 2. The maximum atomic E-state index is 12.1. The van der Waals surface area contributed by atoms with Gasteiger partial charge in [-0.05, 0) is 44.5 Å². The molecule has 1 saturated heterocycles. The molecule has 1 aromatic rings. The summed E-state index contributed by atoms with van der Waals surface area (Å²) in [6, 6.07) is 4.79. The minimum atomic E-state index is -0.282. The number of hydrogen-bond acceptors (Lipinski definition) is 3. The Hall–Kier alpha value is -1.26. The lowest BCUT2D eigenvalue weighted by Gasteiger charge is -2.30. The second-order valence-electron chi connectivity index (χ2n) is 4.63. The third-order valence-electron chi connectivity index (χ3n) is 3.28. The molecule has 0 aromatic heterocycles. The van der Waals surface area contributed by atoms with E-state index in [0.29, 0.717) is 5.02 Å². The lowest BCUT2D eigenvalue weighted by atomic mass is 9.99. The molecule has 1 fully saturated rings. The SMILES string of the molecule is CC1NCCCC1NC(=O)c1cc(Cl)ccc1O. The van der Waals surface area contributed by atoms with Crippen LogP contribution < -0.4 is 10.6 Å². The number of rotatable bonds is 2. The van der Waals surface area contributed by atoms with Crippen LogP contribution in [0.4, 0.5) is 0 Å². The summed E-state index contributed by atoms with van der Waals surface area (Å²) in [6.45, 7) is 3.03. The van der Waals surface area contributed by atoms with E-state index in [0.717, 1.165) is 19.4 Å². The Morgan fingerprint density at radius 2 is 2.33 bits per heavy atom. The molecule has 98 valence electrons. The first kappa shape index (κ1) is 13.2. The highest BCUT2D eigenvalue weighted by Gasteiger charge is 2.23. The molecule has 1 aliphatic rings. The minimum Gasteiger partial charge on any atom is -0.507 e. The van der Waals surface area contributed by atoms with Crippen LogP contribution in [0.25, 0.3) is 0 Å². The fourth-order valence-corrected chi connectivity index (χ4v) is 2.35. The van der Waals surface area contributed by atoms with Crippen molar-refractivity contribution >= 4 is 17.5 Å². The summed E-state index contributed by atoms with van der Waals surface area (Å²) >= 11 is 5.83. The molecular weight excluding hydrogens is 252 g/mol. The maximum Gasteiger partial charge on any atom is 0.255 e. The zero-order valence-electron chi connectivity index (χ0n) is 10.2. The molecule has 0 aliphatic carbocycles. The molecule has 2 atom stereocenters. The zero-order valence-corrected chi connectivity index (χ0v) is 11.0. The largest absolute Gasteiger partial charge is 0.507 e. The molecule has 0 radical (unpaired) electrons. The molecule has 2 unspecified atom stereocenters. The minimum absolute atomic E-state index is 0.0479. The predicted octanol–water partition coefficient (Wildman–Crippen LogP) is 1.92. The van der Waals surface area contributed by atoms with Gasteiger partial charge >= 0.3 is 0 Å². The Balaban J connectivity index is 2.09. The van der Waals surface area contributed by atoms with Gasteiger partial charge in [0.2, 0.25) is 0 Å². The Morgan fingerprint density at radius 1 is 1.56 bits per heavy atom. The highest BCUT2D eigenvalue weighted by Crippen LogP contribution is 2.22. The van der Waals surface area contributed by atoms with Gasteiger partial charge in [-0.25, -0.2) is 0 Å². The summed E-state index contributed by atoms with van der Waals surface area (Å²) < 4.78 is 0. The van der Waals surface area contributed by atoms with Crippen LogP contribution in [-0.2, 0) is 0 Å². The summed E-state index contributed by atoms with van der Waals surface area (Å²) in [5.74, 6) is -0.330. The summed E-state index contributed by atoms with van der Waals surface area (Å²) in [6.07, 6.45) is 1.98. The number of carbonyl (C=O) groups is 1. The Morgan fingerprint density at radius 3 is 3.06 bits per heavy atom. The fraction of sp³-hybridized carbons (Fsp3) is 0.462. The van der Waals surface area contributed by atoms with Gasteiger partial charge < -0.3 is 15.7 Å². The van der Waals surface area contributed by atoms with Crippen molar-refractivity contribution in [3.8, 4) is 5.75 Å². The van der Waals surface area contributed by atoms with Gasteiger partial charge in [0, 0.05) is 17.1 Å². The maximum absolute atomic E-state index is 12.1. The lowest BCUT2D eigenvalue weighted by Crippen LogP contribution is -2.51. The molecule has 1 aromatic carbocycles. The molecule has 1 amide bonds. The first-order valence-electron chi connectivity index (χ1n) is 6.10. The monoisotopic (exact) mass is 268 g/mol. The van der Waals surface area contributed by atoms with Gasteiger partial charge in [-0.3, -0.25) is 4.79 Å². The van der Waals surface area contributed by atoms with Crippen LogP contribution >= 0.6 is 11.6 Å². The standard InChI is InChI=1S/C13H17ClN2O2/c1-8-11(3-2-6-15-8)16-13(18)10-7-9(14)4-5-12(10)17/h4-5,7-8,11,15,17H,2-3,6H2,1H3,(H,16,18). The molecule has 5 heteroatoms. The van der Waals surface area contributed by atoms with Crippen molar-refractivity contribution in [2.24, 2.45) is 0 Å². The van der Waals surface area contributed by atoms with E-state index in [-0.39, 0.29) is 29.3 Å². The van der Waals surface area contributed by atoms with Crippen LogP contribution in [0.1, 0.15) is 30.1 Å². The lowest BCUT2D eigenvalue weighted by molar-refractivity contribution is 0.0917. The van der Waals surface area contributed by atoms with Gasteiger partial charge in [0.1, 0.15) is 5.75 Å². The molecule has 1 heterocycles. The number of amides is 1. The topological polar surface area (TPSA) is 61.4 Å². The van der Waals surface area contributed by atoms with E-state index in [1.54, 1.807) is 6.07 Å².